The molecule has 2 saturated carbocycles. The van der Waals surface area contributed by atoms with Crippen molar-refractivity contribution in [3.8, 4) is 0 Å². The molecule has 6 rings (SSSR count). The van der Waals surface area contributed by atoms with Crippen LogP contribution in [0.15, 0.2) is 83.5 Å². The Balaban J connectivity index is 1.56. The molecule has 3 fully saturated rings. The summed E-state index contributed by atoms with van der Waals surface area (Å²) in [6, 6.07) is 14.8. The first-order chi connectivity index (χ1) is 28.1. The third-order valence-corrected chi connectivity index (χ3v) is 13.2. The van der Waals surface area contributed by atoms with Gasteiger partial charge >= 0.3 is 23.9 Å². The molecule has 1 aliphatic heterocycles. The van der Waals surface area contributed by atoms with E-state index in [-0.39, 0.29) is 29.7 Å². The average Bonchev–Trinajstić information content (AvgIpc) is 3.20. The van der Waals surface area contributed by atoms with Crippen LogP contribution in [0.4, 0.5) is 0 Å². The summed E-state index contributed by atoms with van der Waals surface area (Å²) in [6.45, 7) is 11.2. The normalized spacial score (nSPS) is 32.9. The van der Waals surface area contributed by atoms with Gasteiger partial charge in [0.25, 0.3) is 0 Å². The van der Waals surface area contributed by atoms with Crippen molar-refractivity contribution in [1.29, 1.82) is 0 Å². The van der Waals surface area contributed by atoms with E-state index in [4.69, 9.17) is 23.7 Å². The highest BCUT2D eigenvalue weighted by Crippen LogP contribution is 2.64. The van der Waals surface area contributed by atoms with Crippen LogP contribution in [-0.4, -0.2) is 105 Å². The third kappa shape index (κ3) is 7.24. The van der Waals surface area contributed by atoms with Crippen LogP contribution >= 0.6 is 0 Å². The lowest BCUT2D eigenvalue weighted by Crippen LogP contribution is -2.82. The number of rotatable bonds is 10. The van der Waals surface area contributed by atoms with Gasteiger partial charge in [-0.15, -0.1) is 0 Å². The Kier molecular flexibility index (Phi) is 12.1. The van der Waals surface area contributed by atoms with Crippen molar-refractivity contribution in [2.45, 2.75) is 122 Å². The molecule has 0 aromatic heterocycles. The molecule has 0 radical (unpaired) electrons. The Morgan fingerprint density at radius 2 is 1.53 bits per heavy atom. The van der Waals surface area contributed by atoms with Gasteiger partial charge in [-0.3, -0.25) is 19.2 Å². The fourth-order valence-electron chi connectivity index (χ4n) is 9.75. The van der Waals surface area contributed by atoms with Crippen LogP contribution < -0.4 is 5.32 Å². The van der Waals surface area contributed by atoms with E-state index in [0.29, 0.717) is 11.1 Å². The van der Waals surface area contributed by atoms with E-state index in [1.807, 2.05) is 0 Å². The summed E-state index contributed by atoms with van der Waals surface area (Å²) in [5.41, 5.74) is -6.91. The van der Waals surface area contributed by atoms with Crippen molar-refractivity contribution in [3.05, 3.63) is 94.6 Å². The van der Waals surface area contributed by atoms with Crippen LogP contribution in [0.25, 0.3) is 0 Å². The number of nitrogens with one attached hydrogen (secondary N) is 1. The van der Waals surface area contributed by atoms with Crippen molar-refractivity contribution >= 4 is 35.6 Å². The van der Waals surface area contributed by atoms with Gasteiger partial charge in [0, 0.05) is 37.7 Å². The number of Topliss-reactive ketones (excluding diaryl/α,β-unsaturated/α-hetero) is 1. The molecule has 1 saturated heterocycles. The molecule has 15 nitrogen and oxygen atoms in total. The van der Waals surface area contributed by atoms with Gasteiger partial charge in [0.15, 0.2) is 23.6 Å². The zero-order valence-corrected chi connectivity index (χ0v) is 34.9. The summed E-state index contributed by atoms with van der Waals surface area (Å²) < 4.78 is 30.2. The molecule has 4 aliphatic rings. The van der Waals surface area contributed by atoms with Crippen LogP contribution in [0, 0.1) is 16.7 Å². The summed E-state index contributed by atoms with van der Waals surface area (Å²) in [7, 11) is 0. The number of esters is 4. The summed E-state index contributed by atoms with van der Waals surface area (Å²) in [6.07, 6.45) is -8.88. The predicted molar refractivity (Wildman–Crippen MR) is 211 cm³/mol. The van der Waals surface area contributed by atoms with Crippen LogP contribution in [0.3, 0.4) is 0 Å². The maximum Gasteiger partial charge on any atom is 0.338 e. The minimum Gasteiger partial charge on any atom is -0.456 e. The minimum absolute atomic E-state index is 0.00140. The number of ketones is 1. The Bertz CT molecular complexity index is 2110. The lowest BCUT2D eigenvalue weighted by atomic mass is 9.44. The van der Waals surface area contributed by atoms with Crippen molar-refractivity contribution in [2.75, 3.05) is 6.61 Å². The summed E-state index contributed by atoms with van der Waals surface area (Å²) in [5, 5.41) is 40.0. The van der Waals surface area contributed by atoms with Crippen LogP contribution in [0.1, 0.15) is 90.2 Å². The van der Waals surface area contributed by atoms with Gasteiger partial charge in [-0.2, -0.15) is 0 Å². The van der Waals surface area contributed by atoms with E-state index in [1.54, 1.807) is 82.3 Å². The van der Waals surface area contributed by atoms with Crippen molar-refractivity contribution in [1.82, 2.24) is 5.32 Å². The van der Waals surface area contributed by atoms with Crippen molar-refractivity contribution < 1.29 is 67.8 Å². The van der Waals surface area contributed by atoms with Gasteiger partial charge < -0.3 is 44.3 Å². The second-order valence-electron chi connectivity index (χ2n) is 17.0. The Labute approximate surface area is 348 Å². The zero-order chi connectivity index (χ0) is 44.1. The van der Waals surface area contributed by atoms with E-state index >= 15 is 4.79 Å². The first-order valence-electron chi connectivity index (χ1n) is 19.9. The number of aliphatic hydroxyl groups excluding tert-OH is 2. The lowest BCUT2D eigenvalue weighted by molar-refractivity contribution is -0.346. The minimum atomic E-state index is -2.38. The summed E-state index contributed by atoms with van der Waals surface area (Å²) in [5.74, 6) is -6.78. The number of hydrogen-bond acceptors (Lipinski definition) is 14. The predicted octanol–water partition coefficient (Wildman–Crippen LogP) is 3.39. The number of amides is 1. The number of aliphatic hydroxyl groups is 3. The molecule has 2 unspecified atom stereocenters. The molecule has 1 heterocycles. The van der Waals surface area contributed by atoms with E-state index in [1.165, 1.54) is 26.0 Å². The highest BCUT2D eigenvalue weighted by molar-refractivity contribution is 5.96. The molecule has 15 heteroatoms. The molecule has 3 aliphatic carbocycles. The molecule has 1 amide bonds. The van der Waals surface area contributed by atoms with Crippen molar-refractivity contribution in [3.63, 3.8) is 0 Å². The van der Waals surface area contributed by atoms with E-state index in [0.717, 1.165) is 13.8 Å². The largest absolute Gasteiger partial charge is 0.456 e. The third-order valence-electron chi connectivity index (χ3n) is 13.2. The molecule has 2 aromatic carbocycles. The molecule has 2 aromatic rings. The number of allylic oxidation sites excluding steroid dienone is 1. The van der Waals surface area contributed by atoms with Crippen LogP contribution in [-0.2, 0) is 47.7 Å². The maximum absolute atomic E-state index is 15.4. The number of carbonyl (C=O) groups excluding carboxylic acids is 6. The van der Waals surface area contributed by atoms with Gasteiger partial charge in [-0.1, -0.05) is 68.5 Å². The second kappa shape index (κ2) is 16.3. The van der Waals surface area contributed by atoms with E-state index in [2.05, 4.69) is 5.32 Å². The molecule has 0 spiro atoms. The molecule has 60 heavy (non-hydrogen) atoms. The van der Waals surface area contributed by atoms with Crippen LogP contribution in [0.5, 0.6) is 0 Å². The highest BCUT2D eigenvalue weighted by atomic mass is 16.6. The summed E-state index contributed by atoms with van der Waals surface area (Å²) >= 11 is 0. The topological polar surface area (TPSA) is 221 Å². The number of hydrogen-bond donors (Lipinski definition) is 4. The fourth-order valence-corrected chi connectivity index (χ4v) is 9.75. The maximum atomic E-state index is 15.4. The molecule has 322 valence electrons. The smallest absolute Gasteiger partial charge is 0.338 e. The molecular weight excluding hydrogens is 778 g/mol. The quantitative estimate of drug-likeness (QED) is 0.117. The van der Waals surface area contributed by atoms with Gasteiger partial charge in [-0.25, -0.2) is 9.59 Å². The molecule has 11 atom stereocenters. The van der Waals surface area contributed by atoms with E-state index < -0.39 is 113 Å². The standard InChI is InChI=1S/C45H53NO14/c1-9-23(2)39(52)46-33(27-16-12-10-13-17-27)34(50)41(54)58-29-21-45(55)38(59-40(53)28-18-14-11-15-19-28)36-43(8,30(49)20-31-44(36,22-56-31)60-26(5)48)37(51)35(57-25(4)47)32(24(29)3)42(45,6)7/h9-19,29-31,33-36,38,49-50,55H,20-22H2,1-8H3,(H,46,52)/t29-,30-,31+,33-,34+,35+,36?,38?,43+,44-,45+/m0/s1. The molecule has 4 N–H and O–H groups in total. The zero-order valence-electron chi connectivity index (χ0n) is 34.9. The van der Waals surface area contributed by atoms with E-state index in [9.17, 15) is 39.3 Å². The highest BCUT2D eigenvalue weighted by Gasteiger charge is 2.78. The first kappa shape index (κ1) is 44.3. The number of fused-ring (bicyclic) bond motifs is 5. The monoisotopic (exact) mass is 831 g/mol. The molecule has 2 bridgehead atoms. The number of carbonyl (C=O) groups is 6. The van der Waals surface area contributed by atoms with Gasteiger partial charge in [0.2, 0.25) is 5.91 Å². The Morgan fingerprint density at radius 3 is 2.08 bits per heavy atom. The summed E-state index contributed by atoms with van der Waals surface area (Å²) in [4.78, 5) is 82.9. The fraction of sp³-hybridized carbons (Fsp3) is 0.511. The lowest BCUT2D eigenvalue weighted by Gasteiger charge is -2.67. The van der Waals surface area contributed by atoms with Gasteiger partial charge in [-0.05, 0) is 56.5 Å². The number of benzene rings is 2. The second-order valence-corrected chi connectivity index (χ2v) is 17.0. The first-order valence-corrected chi connectivity index (χ1v) is 19.9. The van der Waals surface area contributed by atoms with Crippen molar-refractivity contribution in [2.24, 2.45) is 16.7 Å². The molecular formula is C45H53NO14. The van der Waals surface area contributed by atoms with Gasteiger partial charge in [0.1, 0.15) is 23.9 Å². The Hall–Kier alpha value is -5.22. The number of ether oxygens (including phenoxy) is 5. The SMILES string of the molecule is CC=C(C)C(=O)N[C@@H](c1ccccc1)[C@@H](O)C(=O)O[C@H]1C[C@@]2(O)C(OC(=O)c3ccccc3)C3[C@](C)(C(=O)[C@H](OC(C)=O)C(=C1C)C2(C)C)[C@@H](O)C[C@H]1OC[C@@]31OC(C)=O. The Morgan fingerprint density at radius 1 is 0.917 bits per heavy atom. The van der Waals surface area contributed by atoms with Gasteiger partial charge in [0.05, 0.1) is 35.6 Å². The average molecular weight is 832 g/mol. The van der Waals surface area contributed by atoms with Crippen LogP contribution in [0.2, 0.25) is 0 Å².